The van der Waals surface area contributed by atoms with Crippen molar-refractivity contribution in [1.82, 2.24) is 14.7 Å². The van der Waals surface area contributed by atoms with Crippen molar-refractivity contribution in [3.63, 3.8) is 0 Å². The molecule has 1 aromatic heterocycles. The summed E-state index contributed by atoms with van der Waals surface area (Å²) in [7, 11) is 1.80. The maximum Gasteiger partial charge on any atom is 0.257 e. The fourth-order valence-electron chi connectivity index (χ4n) is 6.41. The Morgan fingerprint density at radius 2 is 1.75 bits per heavy atom. The van der Waals surface area contributed by atoms with Gasteiger partial charge in [0.15, 0.2) is 0 Å². The number of piperidine rings is 1. The van der Waals surface area contributed by atoms with Crippen LogP contribution in [0.25, 0.3) is 11.1 Å². The predicted molar refractivity (Wildman–Crippen MR) is 146 cm³/mol. The average molecular weight is 544 g/mol. The zero-order valence-corrected chi connectivity index (χ0v) is 22.5. The molecule has 9 heteroatoms. The van der Waals surface area contributed by atoms with Gasteiger partial charge in [-0.1, -0.05) is 41.7 Å². The van der Waals surface area contributed by atoms with Gasteiger partial charge in [0.2, 0.25) is 0 Å². The van der Waals surface area contributed by atoms with E-state index in [1.807, 2.05) is 11.0 Å². The Bertz CT molecular complexity index is 1510. The van der Waals surface area contributed by atoms with Crippen molar-refractivity contribution in [2.24, 2.45) is 7.05 Å². The molecule has 2 aromatic carbocycles. The number of aliphatic hydroxyl groups is 4. The van der Waals surface area contributed by atoms with Crippen LogP contribution in [-0.4, -0.2) is 91.2 Å². The Labute approximate surface area is 232 Å². The van der Waals surface area contributed by atoms with Crippen molar-refractivity contribution in [2.45, 2.75) is 55.7 Å². The van der Waals surface area contributed by atoms with Gasteiger partial charge in [0.1, 0.15) is 30.5 Å². The van der Waals surface area contributed by atoms with Crippen LogP contribution in [0.3, 0.4) is 0 Å². The third-order valence-corrected chi connectivity index (χ3v) is 8.62. The molecule has 1 aliphatic carbocycles. The number of rotatable bonds is 2. The number of carbonyl (C=O) groups is 1. The van der Waals surface area contributed by atoms with E-state index >= 15 is 0 Å². The van der Waals surface area contributed by atoms with E-state index in [2.05, 4.69) is 54.2 Å². The van der Waals surface area contributed by atoms with Gasteiger partial charge >= 0.3 is 0 Å². The predicted octanol–water partition coefficient (Wildman–Crippen LogP) is 1.13. The number of amides is 1. The number of aromatic nitrogens is 2. The van der Waals surface area contributed by atoms with Gasteiger partial charge < -0.3 is 30.1 Å². The number of carbonyl (C=O) groups excluding carboxylic acids is 1. The van der Waals surface area contributed by atoms with Crippen LogP contribution in [0.1, 0.15) is 45.5 Å². The first kappa shape index (κ1) is 26.7. The lowest BCUT2D eigenvalue weighted by atomic mass is 9.70. The van der Waals surface area contributed by atoms with Gasteiger partial charge in [-0.05, 0) is 54.2 Å². The van der Waals surface area contributed by atoms with Crippen LogP contribution in [0.4, 0.5) is 0 Å². The molecule has 2 fully saturated rings. The normalized spacial score (nSPS) is 26.6. The van der Waals surface area contributed by atoms with Crippen molar-refractivity contribution >= 4 is 5.91 Å². The summed E-state index contributed by atoms with van der Waals surface area (Å²) in [5.41, 5.74) is 7.03. The van der Waals surface area contributed by atoms with Gasteiger partial charge in [-0.2, -0.15) is 5.10 Å². The average Bonchev–Trinajstić information content (AvgIpc) is 3.51. The monoisotopic (exact) mass is 543 g/mol. The van der Waals surface area contributed by atoms with E-state index < -0.39 is 37.1 Å². The first-order valence-corrected chi connectivity index (χ1v) is 13.6. The summed E-state index contributed by atoms with van der Waals surface area (Å²) in [5, 5.41) is 44.2. The van der Waals surface area contributed by atoms with E-state index in [0.717, 1.165) is 24.0 Å². The molecule has 0 radical (unpaired) electrons. The van der Waals surface area contributed by atoms with E-state index in [9.17, 15) is 25.2 Å². The number of ether oxygens (including phenoxy) is 1. The third kappa shape index (κ3) is 4.33. The second-order valence-corrected chi connectivity index (χ2v) is 11.1. The largest absolute Gasteiger partial charge is 0.394 e. The summed E-state index contributed by atoms with van der Waals surface area (Å²) in [5.74, 6) is 5.97. The van der Waals surface area contributed by atoms with Crippen LogP contribution >= 0.6 is 0 Å². The number of fused-ring (bicyclic) bond motifs is 5. The molecule has 3 aromatic rings. The zero-order chi connectivity index (χ0) is 28.2. The van der Waals surface area contributed by atoms with Gasteiger partial charge in [0.25, 0.3) is 5.91 Å². The number of hydrogen-bond acceptors (Lipinski definition) is 7. The molecule has 6 rings (SSSR count). The maximum atomic E-state index is 13.1. The molecule has 40 heavy (non-hydrogen) atoms. The molecule has 3 heterocycles. The minimum Gasteiger partial charge on any atom is -0.394 e. The van der Waals surface area contributed by atoms with E-state index in [1.54, 1.807) is 24.1 Å². The smallest absolute Gasteiger partial charge is 0.257 e. The van der Waals surface area contributed by atoms with E-state index in [1.165, 1.54) is 22.3 Å². The molecule has 5 atom stereocenters. The second-order valence-electron chi connectivity index (χ2n) is 11.1. The van der Waals surface area contributed by atoms with Gasteiger partial charge in [-0.15, -0.1) is 0 Å². The van der Waals surface area contributed by atoms with Crippen LogP contribution in [0.5, 0.6) is 0 Å². The van der Waals surface area contributed by atoms with Crippen molar-refractivity contribution in [1.29, 1.82) is 0 Å². The summed E-state index contributed by atoms with van der Waals surface area (Å²) in [4.78, 5) is 15.0. The Kier molecular flexibility index (Phi) is 6.77. The maximum absolute atomic E-state index is 13.1. The molecule has 1 amide bonds. The number of benzene rings is 2. The first-order chi connectivity index (χ1) is 19.2. The summed E-state index contributed by atoms with van der Waals surface area (Å²) >= 11 is 0. The molecule has 2 aliphatic heterocycles. The van der Waals surface area contributed by atoms with Crippen LogP contribution in [0.15, 0.2) is 48.8 Å². The molecule has 9 nitrogen and oxygen atoms in total. The lowest BCUT2D eigenvalue weighted by Gasteiger charge is -2.41. The van der Waals surface area contributed by atoms with Crippen molar-refractivity contribution < 1.29 is 30.0 Å². The van der Waals surface area contributed by atoms with Crippen LogP contribution in [-0.2, 0) is 17.2 Å². The highest BCUT2D eigenvalue weighted by Crippen LogP contribution is 2.54. The summed E-state index contributed by atoms with van der Waals surface area (Å²) in [6.07, 6.45) is -1.45. The number of likely N-dealkylation sites (tertiary alicyclic amines) is 1. The van der Waals surface area contributed by atoms with Crippen molar-refractivity contribution in [2.75, 3.05) is 19.7 Å². The highest BCUT2D eigenvalue weighted by molar-refractivity contribution is 5.94. The zero-order valence-electron chi connectivity index (χ0n) is 22.5. The Hall–Kier alpha value is -3.52. The number of nitrogens with zero attached hydrogens (tertiary/aromatic N) is 3. The molecule has 208 valence electrons. The Morgan fingerprint density at radius 1 is 1.05 bits per heavy atom. The first-order valence-electron chi connectivity index (χ1n) is 13.6. The van der Waals surface area contributed by atoms with Crippen LogP contribution in [0, 0.1) is 18.8 Å². The molecular formula is C31H33N3O6. The van der Waals surface area contributed by atoms with Gasteiger partial charge in [0.05, 0.1) is 18.4 Å². The summed E-state index contributed by atoms with van der Waals surface area (Å²) < 4.78 is 7.20. The molecule has 1 spiro atoms. The molecule has 0 unspecified atom stereocenters. The standard InChI is InChI=1S/C31H33N3O6/c1-18-3-6-21-22-7-4-19(5-8-25-27(36)29(38)28(37)26(17-35)40-25)14-24(22)31(23(21)13-18)9-11-34(12-10-31)30(39)20-15-32-33(2)16-20/h3-4,6-7,13-16,25-29,35-38H,9-12,17H2,1-2H3/t25-,26-,27-,28-,29-/m1/s1. The molecular weight excluding hydrogens is 510 g/mol. The third-order valence-electron chi connectivity index (χ3n) is 8.62. The summed E-state index contributed by atoms with van der Waals surface area (Å²) in [6.45, 7) is 2.82. The van der Waals surface area contributed by atoms with E-state index in [-0.39, 0.29) is 11.3 Å². The molecule has 4 N–H and O–H groups in total. The molecule has 3 aliphatic rings. The van der Waals surface area contributed by atoms with Crippen LogP contribution in [0.2, 0.25) is 0 Å². The quantitative estimate of drug-likeness (QED) is 0.357. The Balaban J connectivity index is 1.32. The fraction of sp³-hybridized carbons (Fsp3) is 0.419. The fourth-order valence-corrected chi connectivity index (χ4v) is 6.41. The van der Waals surface area contributed by atoms with Gasteiger partial charge in [-0.25, -0.2) is 0 Å². The lowest BCUT2D eigenvalue weighted by Crippen LogP contribution is -2.58. The second kappa shape index (κ2) is 10.1. The van der Waals surface area contributed by atoms with Crippen LogP contribution < -0.4 is 0 Å². The number of hydrogen-bond donors (Lipinski definition) is 4. The van der Waals surface area contributed by atoms with Crippen molar-refractivity contribution in [3.8, 4) is 23.0 Å². The molecule has 0 saturated carbocycles. The van der Waals surface area contributed by atoms with Gasteiger partial charge in [-0.3, -0.25) is 9.48 Å². The number of aryl methyl sites for hydroxylation is 2. The number of aliphatic hydroxyl groups excluding tert-OH is 4. The molecule has 0 bridgehead atoms. The van der Waals surface area contributed by atoms with E-state index in [0.29, 0.717) is 18.7 Å². The van der Waals surface area contributed by atoms with Gasteiger partial charge in [0, 0.05) is 37.3 Å². The minimum atomic E-state index is -1.47. The Morgan fingerprint density at radius 3 is 2.42 bits per heavy atom. The SMILES string of the molecule is Cc1ccc2c(c1)C1(CCN(C(=O)c3cnn(C)c3)CC1)c1cc(C#C[C@H]3O[C@H](CO)[C@@H](O)[C@H](O)[C@@H]3O)ccc1-2. The summed E-state index contributed by atoms with van der Waals surface area (Å²) in [6, 6.07) is 12.6. The molecule has 2 saturated heterocycles. The van der Waals surface area contributed by atoms with Crippen molar-refractivity contribution in [3.05, 3.63) is 76.6 Å². The minimum absolute atomic E-state index is 0.00946. The topological polar surface area (TPSA) is 128 Å². The highest BCUT2D eigenvalue weighted by atomic mass is 16.5. The lowest BCUT2D eigenvalue weighted by molar-refractivity contribution is -0.214. The highest BCUT2D eigenvalue weighted by Gasteiger charge is 2.46. The van der Waals surface area contributed by atoms with E-state index in [4.69, 9.17) is 4.74 Å².